The van der Waals surface area contributed by atoms with Crippen molar-refractivity contribution in [2.24, 2.45) is 5.16 Å². The molecule has 10 heteroatoms. The Bertz CT molecular complexity index is 1540. The highest BCUT2D eigenvalue weighted by molar-refractivity contribution is 7.16. The first-order valence-electron chi connectivity index (χ1n) is 12.9. The number of benzene rings is 3. The average molecular weight is 562 g/mol. The number of thiazole rings is 1. The number of ether oxygens (including phenoxy) is 2. The van der Waals surface area contributed by atoms with Gasteiger partial charge in [-0.3, -0.25) is 14.2 Å². The zero-order valence-electron chi connectivity index (χ0n) is 22.3. The zero-order chi connectivity index (χ0) is 28.5. The predicted molar refractivity (Wildman–Crippen MR) is 154 cm³/mol. The van der Waals surface area contributed by atoms with Gasteiger partial charge in [-0.1, -0.05) is 71.9 Å². The van der Waals surface area contributed by atoms with Gasteiger partial charge in [-0.05, 0) is 36.2 Å². The third-order valence-electron chi connectivity index (χ3n) is 6.33. The van der Waals surface area contributed by atoms with Crippen molar-refractivity contribution in [2.75, 3.05) is 13.7 Å². The van der Waals surface area contributed by atoms with E-state index in [-0.39, 0.29) is 17.4 Å². The number of nitrogens with one attached hydrogen (secondary N) is 1. The van der Waals surface area contributed by atoms with Gasteiger partial charge in [0.1, 0.15) is 24.1 Å². The fourth-order valence-electron chi connectivity index (χ4n) is 4.34. The number of amides is 1. The van der Waals surface area contributed by atoms with Crippen LogP contribution in [-0.4, -0.2) is 47.1 Å². The number of nitrogens with zero attached hydrogens (tertiary/aromatic N) is 2. The number of carbonyl (C=O) groups is 2. The second-order valence-corrected chi connectivity index (χ2v) is 10.1. The molecular formula is C30H31N3O6S. The predicted octanol–water partition coefficient (Wildman–Crippen LogP) is 4.37. The summed E-state index contributed by atoms with van der Waals surface area (Å²) < 4.78 is 13.2. The normalized spacial score (nSPS) is 12.2. The van der Waals surface area contributed by atoms with Gasteiger partial charge >= 0.3 is 10.8 Å². The minimum Gasteiger partial charge on any atom is -0.492 e. The van der Waals surface area contributed by atoms with Crippen LogP contribution in [0, 0.1) is 0 Å². The number of fused-ring (bicyclic) bond motifs is 1. The molecule has 0 saturated carbocycles. The van der Waals surface area contributed by atoms with Gasteiger partial charge in [0.15, 0.2) is 0 Å². The summed E-state index contributed by atoms with van der Waals surface area (Å²) in [6.07, 6.45) is 1.33. The Kier molecular flexibility index (Phi) is 9.69. The number of methoxy groups -OCH3 is 1. The van der Waals surface area contributed by atoms with E-state index in [0.29, 0.717) is 42.8 Å². The molecule has 3 aromatic carbocycles. The van der Waals surface area contributed by atoms with Crippen molar-refractivity contribution in [1.29, 1.82) is 0 Å². The zero-order valence-corrected chi connectivity index (χ0v) is 23.1. The summed E-state index contributed by atoms with van der Waals surface area (Å²) in [4.78, 5) is 36.7. The Morgan fingerprint density at radius 2 is 1.80 bits per heavy atom. The summed E-state index contributed by atoms with van der Waals surface area (Å²) in [5, 5.41) is 15.8. The molecule has 0 aliphatic rings. The average Bonchev–Trinajstić information content (AvgIpc) is 3.28. The number of hydrogen-bond acceptors (Lipinski definition) is 8. The van der Waals surface area contributed by atoms with Crippen LogP contribution >= 0.6 is 11.3 Å². The smallest absolute Gasteiger partial charge is 0.328 e. The maximum Gasteiger partial charge on any atom is 0.328 e. The number of oxime groups is 1. The maximum atomic E-state index is 12.7. The van der Waals surface area contributed by atoms with Crippen molar-refractivity contribution in [1.82, 2.24) is 9.88 Å². The highest BCUT2D eigenvalue weighted by Crippen LogP contribution is 2.22. The lowest BCUT2D eigenvalue weighted by atomic mass is 10.0. The maximum absolute atomic E-state index is 12.7. The summed E-state index contributed by atoms with van der Waals surface area (Å²) >= 11 is 1.13. The van der Waals surface area contributed by atoms with E-state index in [0.717, 1.165) is 32.7 Å². The Morgan fingerprint density at radius 1 is 1.05 bits per heavy atom. The molecule has 4 rings (SSSR count). The second kappa shape index (κ2) is 13.6. The highest BCUT2D eigenvalue weighted by Gasteiger charge is 2.21. The summed E-state index contributed by atoms with van der Waals surface area (Å²) in [6.45, 7) is 2.53. The van der Waals surface area contributed by atoms with E-state index in [2.05, 4.69) is 10.5 Å². The van der Waals surface area contributed by atoms with Gasteiger partial charge in [-0.2, -0.15) is 0 Å². The first kappa shape index (κ1) is 28.6. The van der Waals surface area contributed by atoms with E-state index in [1.807, 2.05) is 67.6 Å². The topological polar surface area (TPSA) is 119 Å². The van der Waals surface area contributed by atoms with Gasteiger partial charge in [-0.15, -0.1) is 0 Å². The van der Waals surface area contributed by atoms with E-state index in [4.69, 9.17) is 9.47 Å². The number of esters is 1. The van der Waals surface area contributed by atoms with Gasteiger partial charge in [0.25, 0.3) is 0 Å². The molecular weight excluding hydrogens is 530 g/mol. The number of aromatic nitrogens is 1. The lowest BCUT2D eigenvalue weighted by Crippen LogP contribution is -2.42. The molecule has 1 heterocycles. The Labute approximate surface area is 235 Å². The van der Waals surface area contributed by atoms with Crippen molar-refractivity contribution in [2.45, 2.75) is 38.8 Å². The summed E-state index contributed by atoms with van der Waals surface area (Å²) in [7, 11) is 1.30. The molecule has 2 N–H and O–H groups in total. The first-order chi connectivity index (χ1) is 19.4. The molecule has 1 amide bonds. The van der Waals surface area contributed by atoms with Crippen LogP contribution in [0.25, 0.3) is 10.2 Å². The molecule has 0 aliphatic heterocycles. The quantitative estimate of drug-likeness (QED) is 0.115. The van der Waals surface area contributed by atoms with Crippen LogP contribution in [0.1, 0.15) is 36.5 Å². The van der Waals surface area contributed by atoms with Crippen LogP contribution in [0.15, 0.2) is 82.7 Å². The molecule has 0 saturated heterocycles. The molecule has 0 spiro atoms. The van der Waals surface area contributed by atoms with E-state index in [9.17, 15) is 19.6 Å². The summed E-state index contributed by atoms with van der Waals surface area (Å²) in [5.41, 5.74) is 3.55. The number of hydrogen-bond donors (Lipinski definition) is 2. The Balaban J connectivity index is 1.39. The lowest BCUT2D eigenvalue weighted by molar-refractivity contribution is -0.145. The van der Waals surface area contributed by atoms with Gasteiger partial charge < -0.3 is 20.0 Å². The molecule has 0 fully saturated rings. The molecule has 208 valence electrons. The van der Waals surface area contributed by atoms with Gasteiger partial charge in [0, 0.05) is 24.0 Å². The fourth-order valence-corrected chi connectivity index (χ4v) is 5.30. The number of rotatable bonds is 12. The highest BCUT2D eigenvalue weighted by atomic mass is 32.1. The lowest BCUT2D eigenvalue weighted by Gasteiger charge is -2.16. The van der Waals surface area contributed by atoms with Crippen LogP contribution in [0.3, 0.4) is 0 Å². The minimum atomic E-state index is -0.762. The van der Waals surface area contributed by atoms with Crippen molar-refractivity contribution in [3.63, 3.8) is 0 Å². The standard InChI is InChI=1S/C30H31N3O6S/c1-3-7-27(34)31-24(29(35)38-2)18-20-10-13-23(14-11-20)39-17-16-33-25-15-12-22(19-26(25)40-30(33)36)28(32-37)21-8-5-4-6-9-21/h4-6,8-15,19,24,37H,3,7,16-18H2,1-2H3,(H,31,34). The van der Waals surface area contributed by atoms with Crippen LogP contribution in [0.5, 0.6) is 5.75 Å². The van der Waals surface area contributed by atoms with Crippen LogP contribution in [0.4, 0.5) is 0 Å². The third-order valence-corrected chi connectivity index (χ3v) is 7.28. The van der Waals surface area contributed by atoms with Crippen LogP contribution in [-0.2, 0) is 27.3 Å². The second-order valence-electron chi connectivity index (χ2n) is 9.11. The molecule has 0 bridgehead atoms. The molecule has 1 aromatic heterocycles. The molecule has 0 aliphatic carbocycles. The number of carbonyl (C=O) groups excluding carboxylic acids is 2. The van der Waals surface area contributed by atoms with E-state index >= 15 is 0 Å². The van der Waals surface area contributed by atoms with Gasteiger partial charge in [0.2, 0.25) is 5.91 Å². The van der Waals surface area contributed by atoms with Crippen molar-refractivity contribution >= 4 is 39.1 Å². The van der Waals surface area contributed by atoms with Crippen LogP contribution in [0.2, 0.25) is 0 Å². The first-order valence-corrected chi connectivity index (χ1v) is 13.7. The molecule has 0 radical (unpaired) electrons. The van der Waals surface area contributed by atoms with E-state index in [1.54, 1.807) is 16.7 Å². The van der Waals surface area contributed by atoms with Crippen molar-refractivity contribution in [3.8, 4) is 5.75 Å². The largest absolute Gasteiger partial charge is 0.492 e. The monoisotopic (exact) mass is 561 g/mol. The molecule has 1 unspecified atom stereocenters. The van der Waals surface area contributed by atoms with Crippen molar-refractivity contribution < 1.29 is 24.3 Å². The fraction of sp³-hybridized carbons (Fsp3) is 0.267. The van der Waals surface area contributed by atoms with E-state index in [1.165, 1.54) is 7.11 Å². The van der Waals surface area contributed by atoms with Gasteiger partial charge in [-0.25, -0.2) is 4.79 Å². The Morgan fingerprint density at radius 3 is 2.48 bits per heavy atom. The molecule has 1 atom stereocenters. The molecule has 9 nitrogen and oxygen atoms in total. The Hall–Kier alpha value is -4.44. The molecule has 4 aromatic rings. The van der Waals surface area contributed by atoms with Crippen molar-refractivity contribution in [3.05, 3.63) is 99.2 Å². The SMILES string of the molecule is CCCC(=O)NC(Cc1ccc(OCCn2c(=O)sc3cc(C(=NO)c4ccccc4)ccc32)cc1)C(=O)OC. The van der Waals surface area contributed by atoms with Crippen LogP contribution < -0.4 is 14.9 Å². The van der Waals surface area contributed by atoms with Gasteiger partial charge in [0.05, 0.1) is 23.9 Å². The minimum absolute atomic E-state index is 0.104. The van der Waals surface area contributed by atoms with E-state index < -0.39 is 12.0 Å². The summed E-state index contributed by atoms with van der Waals surface area (Å²) in [6, 6.07) is 21.4. The third kappa shape index (κ3) is 6.95. The molecule has 40 heavy (non-hydrogen) atoms. The summed E-state index contributed by atoms with van der Waals surface area (Å²) in [5.74, 6) is -0.0661.